The van der Waals surface area contributed by atoms with Gasteiger partial charge in [0.1, 0.15) is 11.9 Å². The molecular weight excluding hydrogens is 449 g/mol. The first kappa shape index (κ1) is 24.1. The van der Waals surface area contributed by atoms with E-state index in [9.17, 15) is 4.39 Å². The Balaban J connectivity index is 1.18. The second kappa shape index (κ2) is 10.5. The fourth-order valence-corrected chi connectivity index (χ4v) is 5.11. The quantitative estimate of drug-likeness (QED) is 0.304. The Hall–Kier alpha value is -2.63. The van der Waals surface area contributed by atoms with E-state index >= 15 is 8.78 Å². The van der Waals surface area contributed by atoms with Crippen LogP contribution in [0.1, 0.15) is 73.3 Å². The number of aryl methyl sites for hydroxylation is 1. The lowest BCUT2D eigenvalue weighted by molar-refractivity contribution is 0.0118. The molecule has 1 atom stereocenters. The predicted molar refractivity (Wildman–Crippen MR) is 131 cm³/mol. The Morgan fingerprint density at radius 2 is 1.63 bits per heavy atom. The zero-order chi connectivity index (χ0) is 24.4. The molecule has 0 radical (unpaired) electrons. The third-order valence-electron chi connectivity index (χ3n) is 7.29. The highest BCUT2D eigenvalue weighted by molar-refractivity contribution is 5.65. The van der Waals surface area contributed by atoms with Crippen molar-refractivity contribution in [3.63, 3.8) is 0 Å². The normalized spacial score (nSPS) is 21.8. The Bertz CT molecular complexity index is 1160. The molecule has 1 aliphatic heterocycles. The minimum atomic E-state index is -0.778. The summed E-state index contributed by atoms with van der Waals surface area (Å²) in [7, 11) is 0. The topological polar surface area (TPSA) is 21.8 Å². The highest BCUT2D eigenvalue weighted by atomic mass is 19.2. The van der Waals surface area contributed by atoms with Crippen molar-refractivity contribution in [2.75, 3.05) is 6.61 Å². The van der Waals surface area contributed by atoms with E-state index in [4.69, 9.17) is 9.47 Å². The van der Waals surface area contributed by atoms with Crippen LogP contribution in [0.5, 0.6) is 0 Å². The third kappa shape index (κ3) is 5.46. The van der Waals surface area contributed by atoms with Gasteiger partial charge in [0.2, 0.25) is 0 Å². The van der Waals surface area contributed by atoms with Crippen LogP contribution in [0.3, 0.4) is 0 Å². The standard InChI is InChI=1S/C30H31F3O2/c1-2-3-19-4-6-20(7-5-19)25-14-15-26(30(33)29(25)32)21-10-12-24(13-11-21)34-17-23-9-8-22(16-27(23)31)28-18-35-28/h4-9,14-16,21,24,28H,2-3,10-13,17-18H2,1H3. The first-order valence-corrected chi connectivity index (χ1v) is 12.6. The largest absolute Gasteiger partial charge is 0.373 e. The summed E-state index contributed by atoms with van der Waals surface area (Å²) in [6, 6.07) is 16.3. The van der Waals surface area contributed by atoms with Crippen LogP contribution in [0.4, 0.5) is 13.2 Å². The molecule has 3 aromatic carbocycles. The van der Waals surface area contributed by atoms with Crippen LogP contribution in [-0.4, -0.2) is 12.7 Å². The molecule has 0 amide bonds. The lowest BCUT2D eigenvalue weighted by Crippen LogP contribution is -2.21. The zero-order valence-electron chi connectivity index (χ0n) is 20.0. The van der Waals surface area contributed by atoms with Gasteiger partial charge in [-0.3, -0.25) is 0 Å². The fourth-order valence-electron chi connectivity index (χ4n) is 5.11. The molecule has 1 saturated heterocycles. The second-order valence-electron chi connectivity index (χ2n) is 9.73. The molecule has 0 N–H and O–H groups in total. The van der Waals surface area contributed by atoms with Crippen molar-refractivity contribution in [3.05, 3.63) is 94.3 Å². The molecule has 2 nitrogen and oxygen atoms in total. The van der Waals surface area contributed by atoms with Crippen molar-refractivity contribution in [2.24, 2.45) is 0 Å². The van der Waals surface area contributed by atoms with Gasteiger partial charge in [-0.05, 0) is 66.3 Å². The molecule has 5 heteroatoms. The van der Waals surface area contributed by atoms with Gasteiger partial charge in [0.25, 0.3) is 0 Å². The van der Waals surface area contributed by atoms with Crippen LogP contribution in [-0.2, 0) is 22.5 Å². The molecule has 0 spiro atoms. The van der Waals surface area contributed by atoms with E-state index in [1.165, 1.54) is 11.6 Å². The molecule has 3 aromatic rings. The molecule has 0 aromatic heterocycles. The van der Waals surface area contributed by atoms with Gasteiger partial charge in [-0.15, -0.1) is 0 Å². The molecule has 1 heterocycles. The fraction of sp³-hybridized carbons (Fsp3) is 0.400. The summed E-state index contributed by atoms with van der Waals surface area (Å²) in [4.78, 5) is 0. The van der Waals surface area contributed by atoms with E-state index < -0.39 is 11.6 Å². The van der Waals surface area contributed by atoms with Crippen molar-refractivity contribution in [1.29, 1.82) is 0 Å². The van der Waals surface area contributed by atoms with E-state index in [2.05, 4.69) is 6.92 Å². The molecule has 0 bridgehead atoms. The Morgan fingerprint density at radius 1 is 0.886 bits per heavy atom. The van der Waals surface area contributed by atoms with Gasteiger partial charge in [0.05, 0.1) is 19.3 Å². The number of halogens is 3. The third-order valence-corrected chi connectivity index (χ3v) is 7.29. The highest BCUT2D eigenvalue weighted by Gasteiger charge is 2.28. The van der Waals surface area contributed by atoms with Gasteiger partial charge in [-0.2, -0.15) is 0 Å². The second-order valence-corrected chi connectivity index (χ2v) is 9.73. The number of benzene rings is 3. The van der Waals surface area contributed by atoms with Crippen molar-refractivity contribution in [1.82, 2.24) is 0 Å². The van der Waals surface area contributed by atoms with Crippen molar-refractivity contribution < 1.29 is 22.6 Å². The van der Waals surface area contributed by atoms with Gasteiger partial charge in [0, 0.05) is 11.1 Å². The average molecular weight is 481 g/mol. The number of epoxide rings is 1. The van der Waals surface area contributed by atoms with Crippen LogP contribution in [0.2, 0.25) is 0 Å². The van der Waals surface area contributed by atoms with E-state index in [1.807, 2.05) is 30.3 Å². The molecule has 2 fully saturated rings. The SMILES string of the molecule is CCCc1ccc(-c2ccc(C3CCC(OCc4ccc(C5CO5)cc4F)CC3)c(F)c2F)cc1. The van der Waals surface area contributed by atoms with Gasteiger partial charge >= 0.3 is 0 Å². The molecule has 1 unspecified atom stereocenters. The molecule has 35 heavy (non-hydrogen) atoms. The van der Waals surface area contributed by atoms with E-state index in [-0.39, 0.29) is 30.5 Å². The van der Waals surface area contributed by atoms with Crippen molar-refractivity contribution in [2.45, 2.75) is 70.2 Å². The Kier molecular flexibility index (Phi) is 7.26. The molecule has 1 aliphatic carbocycles. The van der Waals surface area contributed by atoms with Crippen molar-refractivity contribution >= 4 is 0 Å². The number of hydrogen-bond acceptors (Lipinski definition) is 2. The lowest BCUT2D eigenvalue weighted by atomic mass is 9.82. The summed E-state index contributed by atoms with van der Waals surface area (Å²) < 4.78 is 55.6. The minimum Gasteiger partial charge on any atom is -0.373 e. The molecule has 5 rings (SSSR count). The lowest BCUT2D eigenvalue weighted by Gasteiger charge is -2.29. The summed E-state index contributed by atoms with van der Waals surface area (Å²) in [6.07, 6.45) is 4.94. The molecular formula is C30H31F3O2. The van der Waals surface area contributed by atoms with Crippen LogP contribution in [0.15, 0.2) is 54.6 Å². The van der Waals surface area contributed by atoms with Gasteiger partial charge in [-0.1, -0.05) is 61.9 Å². The molecule has 184 valence electrons. The first-order chi connectivity index (χ1) is 17.0. The maximum Gasteiger partial charge on any atom is 0.166 e. The number of rotatable bonds is 8. The summed E-state index contributed by atoms with van der Waals surface area (Å²) in [5.74, 6) is -1.84. The summed E-state index contributed by atoms with van der Waals surface area (Å²) in [5.41, 5.74) is 4.02. The summed E-state index contributed by atoms with van der Waals surface area (Å²) in [6.45, 7) is 2.98. The van der Waals surface area contributed by atoms with Crippen LogP contribution >= 0.6 is 0 Å². The first-order valence-electron chi connectivity index (χ1n) is 12.6. The highest BCUT2D eigenvalue weighted by Crippen LogP contribution is 2.38. The van der Waals surface area contributed by atoms with Crippen LogP contribution in [0, 0.1) is 17.5 Å². The number of ether oxygens (including phenoxy) is 2. The Morgan fingerprint density at radius 3 is 2.29 bits per heavy atom. The maximum atomic E-state index is 15.1. The van der Waals surface area contributed by atoms with Crippen molar-refractivity contribution in [3.8, 4) is 11.1 Å². The average Bonchev–Trinajstić information content (AvgIpc) is 3.72. The summed E-state index contributed by atoms with van der Waals surface area (Å²) >= 11 is 0. The van der Waals surface area contributed by atoms with E-state index in [0.29, 0.717) is 41.7 Å². The van der Waals surface area contributed by atoms with Gasteiger partial charge in [0.15, 0.2) is 11.6 Å². The van der Waals surface area contributed by atoms with Gasteiger partial charge < -0.3 is 9.47 Å². The molecule has 1 saturated carbocycles. The van der Waals surface area contributed by atoms with Crippen LogP contribution in [0.25, 0.3) is 11.1 Å². The maximum absolute atomic E-state index is 15.1. The monoisotopic (exact) mass is 480 g/mol. The van der Waals surface area contributed by atoms with Gasteiger partial charge in [-0.25, -0.2) is 13.2 Å². The van der Waals surface area contributed by atoms with E-state index in [0.717, 1.165) is 31.2 Å². The zero-order valence-corrected chi connectivity index (χ0v) is 20.0. The smallest absolute Gasteiger partial charge is 0.166 e. The van der Waals surface area contributed by atoms with E-state index in [1.54, 1.807) is 18.2 Å². The van der Waals surface area contributed by atoms with Crippen LogP contribution < -0.4 is 0 Å². The predicted octanol–water partition coefficient (Wildman–Crippen LogP) is 8.04. The Labute approximate surface area is 205 Å². The minimum absolute atomic E-state index is 0.00842. The number of hydrogen-bond donors (Lipinski definition) is 0. The summed E-state index contributed by atoms with van der Waals surface area (Å²) in [5, 5.41) is 0. The molecule has 2 aliphatic rings.